The van der Waals surface area contributed by atoms with Crippen molar-refractivity contribution in [2.24, 2.45) is 0 Å². The number of rotatable bonds is 5. The summed E-state index contributed by atoms with van der Waals surface area (Å²) in [7, 11) is 0. The fourth-order valence-corrected chi connectivity index (χ4v) is 8.46. The first-order chi connectivity index (χ1) is 26.8. The standard InChI is InChI=1S/C52H33NO/c1-2-13-34(14-3-1)36-25-28-40(29-26-36)53(41-30-27-35-15-4-5-16-37(35)31-41)49-24-12-23-46-48-33-39-18-7-9-20-43(39)50(52(48)54-51(46)49)47-32-38-17-6-8-19-42(38)44-21-10-11-22-45(44)47/h1-33H. The third kappa shape index (κ3) is 4.81. The lowest BCUT2D eigenvalue weighted by Crippen LogP contribution is -2.10. The summed E-state index contributed by atoms with van der Waals surface area (Å²) in [5, 5.41) is 11.9. The van der Waals surface area contributed by atoms with E-state index in [-0.39, 0.29) is 0 Å². The zero-order valence-electron chi connectivity index (χ0n) is 29.4. The molecule has 0 atom stereocenters. The molecule has 0 aliphatic carbocycles. The van der Waals surface area contributed by atoms with Crippen LogP contribution < -0.4 is 4.90 Å². The van der Waals surface area contributed by atoms with Crippen LogP contribution in [0.25, 0.3) is 87.3 Å². The highest BCUT2D eigenvalue weighted by atomic mass is 16.3. The summed E-state index contributed by atoms with van der Waals surface area (Å²) in [5.74, 6) is 0. The van der Waals surface area contributed by atoms with Gasteiger partial charge in [0.15, 0.2) is 5.58 Å². The first-order valence-corrected chi connectivity index (χ1v) is 18.5. The van der Waals surface area contributed by atoms with Crippen LogP contribution in [0.3, 0.4) is 0 Å². The lowest BCUT2D eigenvalue weighted by atomic mass is 9.89. The molecule has 11 rings (SSSR count). The van der Waals surface area contributed by atoms with Crippen LogP contribution in [0.15, 0.2) is 205 Å². The van der Waals surface area contributed by atoms with Crippen molar-refractivity contribution in [3.63, 3.8) is 0 Å². The first kappa shape index (κ1) is 30.5. The van der Waals surface area contributed by atoms with Crippen LogP contribution in [0, 0.1) is 0 Å². The van der Waals surface area contributed by atoms with Crippen LogP contribution in [-0.2, 0) is 0 Å². The van der Waals surface area contributed by atoms with Crippen molar-refractivity contribution in [2.45, 2.75) is 0 Å². The Morgan fingerprint density at radius 3 is 1.70 bits per heavy atom. The molecule has 0 N–H and O–H groups in total. The molecule has 2 nitrogen and oxygen atoms in total. The SMILES string of the molecule is c1ccc(-c2ccc(N(c3ccc4ccccc4c3)c3cccc4c3oc3c(-c5cc6ccccc6c6ccccc56)c5ccccc5cc34)cc2)cc1. The molecule has 0 aliphatic heterocycles. The number of hydrogen-bond donors (Lipinski definition) is 0. The average Bonchev–Trinajstić information content (AvgIpc) is 3.62. The van der Waals surface area contributed by atoms with Crippen molar-refractivity contribution in [1.82, 2.24) is 0 Å². The van der Waals surface area contributed by atoms with Gasteiger partial charge in [-0.05, 0) is 102 Å². The lowest BCUT2D eigenvalue weighted by molar-refractivity contribution is 0.670. The molecule has 0 unspecified atom stereocenters. The van der Waals surface area contributed by atoms with Gasteiger partial charge in [0.05, 0.1) is 5.69 Å². The van der Waals surface area contributed by atoms with Gasteiger partial charge >= 0.3 is 0 Å². The van der Waals surface area contributed by atoms with Crippen LogP contribution in [0.1, 0.15) is 0 Å². The quantitative estimate of drug-likeness (QED) is 0.168. The smallest absolute Gasteiger partial charge is 0.159 e. The summed E-state index contributed by atoms with van der Waals surface area (Å²) in [5.41, 5.74) is 9.55. The largest absolute Gasteiger partial charge is 0.453 e. The van der Waals surface area contributed by atoms with Crippen molar-refractivity contribution in [2.75, 3.05) is 4.90 Å². The number of fused-ring (bicyclic) bond motifs is 8. The average molecular weight is 688 g/mol. The number of nitrogens with zero attached hydrogens (tertiary/aromatic N) is 1. The molecule has 0 radical (unpaired) electrons. The Kier molecular flexibility index (Phi) is 6.90. The van der Waals surface area contributed by atoms with Gasteiger partial charge in [0.25, 0.3) is 0 Å². The van der Waals surface area contributed by atoms with Gasteiger partial charge in [-0.2, -0.15) is 0 Å². The number of anilines is 3. The van der Waals surface area contributed by atoms with Gasteiger partial charge in [0.2, 0.25) is 0 Å². The monoisotopic (exact) mass is 687 g/mol. The Bertz CT molecular complexity index is 3210. The normalized spacial score (nSPS) is 11.7. The highest BCUT2D eigenvalue weighted by Gasteiger charge is 2.23. The van der Waals surface area contributed by atoms with E-state index >= 15 is 0 Å². The molecule has 54 heavy (non-hydrogen) atoms. The minimum Gasteiger partial charge on any atom is -0.453 e. The maximum absolute atomic E-state index is 7.30. The predicted molar refractivity (Wildman–Crippen MR) is 229 cm³/mol. The molecule has 0 fully saturated rings. The molecule has 2 heteroatoms. The zero-order valence-corrected chi connectivity index (χ0v) is 29.4. The molecule has 0 saturated heterocycles. The highest BCUT2D eigenvalue weighted by Crippen LogP contribution is 2.48. The van der Waals surface area contributed by atoms with E-state index in [0.29, 0.717) is 0 Å². The maximum atomic E-state index is 7.30. The fraction of sp³-hybridized carbons (Fsp3) is 0. The summed E-state index contributed by atoms with van der Waals surface area (Å²) in [6, 6.07) is 72.1. The van der Waals surface area contributed by atoms with E-state index in [0.717, 1.165) is 44.6 Å². The Labute approximate surface area is 312 Å². The molecule has 0 bridgehead atoms. The molecule has 1 heterocycles. The van der Waals surface area contributed by atoms with E-state index in [1.165, 1.54) is 59.8 Å². The van der Waals surface area contributed by atoms with Gasteiger partial charge in [-0.1, -0.05) is 158 Å². The molecule has 0 amide bonds. The van der Waals surface area contributed by atoms with Gasteiger partial charge in [-0.15, -0.1) is 0 Å². The van der Waals surface area contributed by atoms with Crippen LogP contribution >= 0.6 is 0 Å². The van der Waals surface area contributed by atoms with Crippen LogP contribution in [0.2, 0.25) is 0 Å². The first-order valence-electron chi connectivity index (χ1n) is 18.5. The lowest BCUT2D eigenvalue weighted by Gasteiger charge is -2.26. The fourth-order valence-electron chi connectivity index (χ4n) is 8.46. The minimum absolute atomic E-state index is 0.856. The molecule has 0 spiro atoms. The third-order valence-corrected chi connectivity index (χ3v) is 11.0. The molecular weight excluding hydrogens is 655 g/mol. The topological polar surface area (TPSA) is 16.4 Å². The van der Waals surface area contributed by atoms with Crippen LogP contribution in [-0.4, -0.2) is 0 Å². The highest BCUT2D eigenvalue weighted by molar-refractivity contribution is 6.24. The predicted octanol–water partition coefficient (Wildman–Crippen LogP) is 15.0. The molecule has 0 saturated carbocycles. The van der Waals surface area contributed by atoms with Gasteiger partial charge in [-0.3, -0.25) is 0 Å². The van der Waals surface area contributed by atoms with E-state index in [1.54, 1.807) is 0 Å². The van der Waals surface area contributed by atoms with E-state index in [4.69, 9.17) is 4.42 Å². The Hall–Kier alpha value is -7.16. The van der Waals surface area contributed by atoms with Crippen molar-refractivity contribution in [3.05, 3.63) is 200 Å². The third-order valence-electron chi connectivity index (χ3n) is 11.0. The molecule has 0 aliphatic rings. The maximum Gasteiger partial charge on any atom is 0.159 e. The molecule has 1 aromatic heterocycles. The molecule has 10 aromatic carbocycles. The summed E-state index contributed by atoms with van der Waals surface area (Å²) in [6.07, 6.45) is 0. The second kappa shape index (κ2) is 12.2. The number of para-hydroxylation sites is 1. The Balaban J connectivity index is 1.20. The molecule has 252 valence electrons. The van der Waals surface area contributed by atoms with Crippen molar-refractivity contribution in [1.29, 1.82) is 0 Å². The zero-order chi connectivity index (χ0) is 35.6. The van der Waals surface area contributed by atoms with E-state index < -0.39 is 0 Å². The van der Waals surface area contributed by atoms with Crippen LogP contribution in [0.5, 0.6) is 0 Å². The summed E-state index contributed by atoms with van der Waals surface area (Å²) in [6.45, 7) is 0. The second-order valence-electron chi connectivity index (χ2n) is 14.1. The Morgan fingerprint density at radius 1 is 0.315 bits per heavy atom. The molecule has 11 aromatic rings. The number of benzene rings is 10. The minimum atomic E-state index is 0.856. The van der Waals surface area contributed by atoms with Crippen molar-refractivity contribution < 1.29 is 4.42 Å². The Morgan fingerprint density at radius 2 is 0.907 bits per heavy atom. The van der Waals surface area contributed by atoms with Gasteiger partial charge in [0, 0.05) is 27.7 Å². The summed E-state index contributed by atoms with van der Waals surface area (Å²) in [4.78, 5) is 2.34. The molecular formula is C52H33NO. The summed E-state index contributed by atoms with van der Waals surface area (Å²) < 4.78 is 7.30. The summed E-state index contributed by atoms with van der Waals surface area (Å²) >= 11 is 0. The van der Waals surface area contributed by atoms with Gasteiger partial charge in [-0.25, -0.2) is 0 Å². The van der Waals surface area contributed by atoms with Gasteiger partial charge < -0.3 is 9.32 Å². The van der Waals surface area contributed by atoms with E-state index in [1.807, 2.05) is 0 Å². The van der Waals surface area contributed by atoms with E-state index in [9.17, 15) is 0 Å². The van der Waals surface area contributed by atoms with Crippen LogP contribution in [0.4, 0.5) is 17.1 Å². The van der Waals surface area contributed by atoms with Gasteiger partial charge in [0.1, 0.15) is 5.58 Å². The number of hydrogen-bond acceptors (Lipinski definition) is 2. The number of furan rings is 1. The van der Waals surface area contributed by atoms with Crippen molar-refractivity contribution in [3.8, 4) is 22.3 Å². The van der Waals surface area contributed by atoms with E-state index in [2.05, 4.69) is 205 Å². The van der Waals surface area contributed by atoms with Crippen molar-refractivity contribution >= 4 is 82.1 Å². The second-order valence-corrected chi connectivity index (χ2v) is 14.1.